The van der Waals surface area contributed by atoms with E-state index in [9.17, 15) is 5.11 Å². The van der Waals surface area contributed by atoms with Crippen molar-refractivity contribution in [1.29, 1.82) is 0 Å². The predicted molar refractivity (Wildman–Crippen MR) is 60.9 cm³/mol. The molecule has 15 heavy (non-hydrogen) atoms. The van der Waals surface area contributed by atoms with Crippen molar-refractivity contribution in [2.24, 2.45) is 5.92 Å². The van der Waals surface area contributed by atoms with Gasteiger partial charge in [-0.25, -0.2) is 0 Å². The van der Waals surface area contributed by atoms with Gasteiger partial charge in [-0.1, -0.05) is 38.1 Å². The van der Waals surface area contributed by atoms with Gasteiger partial charge in [-0.3, -0.25) is 0 Å². The molecule has 0 spiro atoms. The van der Waals surface area contributed by atoms with Crippen molar-refractivity contribution in [1.82, 2.24) is 9.59 Å². The maximum atomic E-state index is 10.1. The lowest BCUT2D eigenvalue weighted by atomic mass is 9.90. The number of rotatable bonds is 3. The second-order valence-electron chi connectivity index (χ2n) is 5.43. The first-order chi connectivity index (χ1) is 6.98. The van der Waals surface area contributed by atoms with Crippen molar-refractivity contribution in [2.45, 2.75) is 51.6 Å². The second-order valence-corrected chi connectivity index (χ2v) is 6.22. The van der Waals surface area contributed by atoms with Crippen molar-refractivity contribution < 1.29 is 5.11 Å². The number of aliphatic hydroxyl groups is 1. The lowest BCUT2D eigenvalue weighted by molar-refractivity contribution is 0.161. The Morgan fingerprint density at radius 1 is 1.47 bits per heavy atom. The topological polar surface area (TPSA) is 46.0 Å². The maximum Gasteiger partial charge on any atom is 0.0920 e. The van der Waals surface area contributed by atoms with Gasteiger partial charge < -0.3 is 5.11 Å². The molecule has 1 heterocycles. The van der Waals surface area contributed by atoms with Crippen LogP contribution < -0.4 is 0 Å². The Morgan fingerprint density at radius 3 is 2.67 bits per heavy atom. The van der Waals surface area contributed by atoms with Gasteiger partial charge in [0.2, 0.25) is 0 Å². The third kappa shape index (κ3) is 2.55. The van der Waals surface area contributed by atoms with Crippen LogP contribution in [0.1, 0.15) is 56.7 Å². The van der Waals surface area contributed by atoms with Crippen molar-refractivity contribution in [2.75, 3.05) is 0 Å². The van der Waals surface area contributed by atoms with Gasteiger partial charge in [-0.2, -0.15) is 0 Å². The van der Waals surface area contributed by atoms with Crippen molar-refractivity contribution >= 4 is 11.5 Å². The van der Waals surface area contributed by atoms with Gasteiger partial charge in [-0.15, -0.1) is 5.10 Å². The monoisotopic (exact) mass is 226 g/mol. The van der Waals surface area contributed by atoms with Crippen molar-refractivity contribution in [3.05, 3.63) is 10.6 Å². The first kappa shape index (κ1) is 11.0. The van der Waals surface area contributed by atoms with Crippen LogP contribution >= 0.6 is 11.5 Å². The molecule has 1 aromatic heterocycles. The van der Waals surface area contributed by atoms with Crippen LogP contribution in [-0.2, 0) is 5.41 Å². The van der Waals surface area contributed by atoms with Gasteiger partial charge in [0.25, 0.3) is 0 Å². The molecule has 0 aromatic carbocycles. The summed E-state index contributed by atoms with van der Waals surface area (Å²) in [7, 11) is 0. The molecule has 0 radical (unpaired) electrons. The molecule has 1 fully saturated rings. The quantitative estimate of drug-likeness (QED) is 0.862. The molecule has 0 amide bonds. The molecule has 0 aliphatic heterocycles. The molecule has 1 aliphatic carbocycles. The number of aromatic nitrogens is 2. The van der Waals surface area contributed by atoms with E-state index in [1.165, 1.54) is 24.4 Å². The predicted octanol–water partition coefficient (Wildman–Crippen LogP) is 2.67. The highest BCUT2D eigenvalue weighted by atomic mass is 32.1. The summed E-state index contributed by atoms with van der Waals surface area (Å²) in [5.41, 5.74) is 0.938. The molecule has 1 unspecified atom stereocenters. The summed E-state index contributed by atoms with van der Waals surface area (Å²) in [6.45, 7) is 6.32. The van der Waals surface area contributed by atoms with E-state index in [0.29, 0.717) is 0 Å². The lowest BCUT2D eigenvalue weighted by Gasteiger charge is -2.18. The van der Waals surface area contributed by atoms with Gasteiger partial charge in [0.15, 0.2) is 0 Å². The zero-order valence-corrected chi connectivity index (χ0v) is 10.3. The Bertz CT molecular complexity index is 339. The Morgan fingerprint density at radius 2 is 2.13 bits per heavy atom. The lowest BCUT2D eigenvalue weighted by Crippen LogP contribution is -2.15. The molecule has 1 atom stereocenters. The third-order valence-electron chi connectivity index (χ3n) is 2.78. The molecule has 1 N–H and O–H groups in total. The Balaban J connectivity index is 2.15. The molecule has 1 aromatic rings. The minimum Gasteiger partial charge on any atom is -0.387 e. The summed E-state index contributed by atoms with van der Waals surface area (Å²) in [6.07, 6.45) is 3.07. The molecular formula is C11H18N2OS. The van der Waals surface area contributed by atoms with Crippen molar-refractivity contribution in [3.8, 4) is 0 Å². The largest absolute Gasteiger partial charge is 0.387 e. The molecule has 4 heteroatoms. The van der Waals surface area contributed by atoms with E-state index in [4.69, 9.17) is 0 Å². The van der Waals surface area contributed by atoms with Crippen LogP contribution in [0.5, 0.6) is 0 Å². The second kappa shape index (κ2) is 3.83. The normalized spacial score (nSPS) is 19.2. The minimum absolute atomic E-state index is 0.0210. The highest BCUT2D eigenvalue weighted by molar-refractivity contribution is 7.05. The summed E-state index contributed by atoms with van der Waals surface area (Å²) in [4.78, 5) is 0.967. The first-order valence-electron chi connectivity index (χ1n) is 5.49. The summed E-state index contributed by atoms with van der Waals surface area (Å²) < 4.78 is 3.97. The van der Waals surface area contributed by atoms with E-state index >= 15 is 0 Å². The van der Waals surface area contributed by atoms with E-state index in [-0.39, 0.29) is 11.5 Å². The molecule has 84 valence electrons. The number of nitrogens with zero attached hydrogens (tertiary/aromatic N) is 2. The Kier molecular flexibility index (Phi) is 2.81. The van der Waals surface area contributed by atoms with E-state index in [1.807, 2.05) is 0 Å². The number of aliphatic hydroxyl groups excluding tert-OH is 1. The van der Waals surface area contributed by atoms with Crippen LogP contribution in [0.2, 0.25) is 0 Å². The minimum atomic E-state index is -0.355. The van der Waals surface area contributed by atoms with Crippen LogP contribution in [0.3, 0.4) is 0 Å². The molecule has 1 aliphatic rings. The fourth-order valence-electron chi connectivity index (χ4n) is 1.71. The van der Waals surface area contributed by atoms with Gasteiger partial charge in [0.1, 0.15) is 0 Å². The van der Waals surface area contributed by atoms with Gasteiger partial charge >= 0.3 is 0 Å². The zero-order chi connectivity index (χ0) is 11.1. The fraction of sp³-hybridized carbons (Fsp3) is 0.818. The SMILES string of the molecule is CC(C)(C)c1nnsc1C(O)CC1CC1. The summed E-state index contributed by atoms with van der Waals surface area (Å²) in [6, 6.07) is 0. The van der Waals surface area contributed by atoms with E-state index in [1.54, 1.807) is 0 Å². The number of hydrogen-bond acceptors (Lipinski definition) is 4. The molecule has 0 saturated heterocycles. The molecule has 0 bridgehead atoms. The Labute approximate surface area is 94.7 Å². The average molecular weight is 226 g/mol. The van der Waals surface area contributed by atoms with Gasteiger partial charge in [-0.05, 0) is 23.9 Å². The van der Waals surface area contributed by atoms with Crippen LogP contribution in [-0.4, -0.2) is 14.7 Å². The average Bonchev–Trinajstić information content (AvgIpc) is 2.80. The zero-order valence-electron chi connectivity index (χ0n) is 9.53. The van der Waals surface area contributed by atoms with E-state index in [2.05, 4.69) is 30.4 Å². The van der Waals surface area contributed by atoms with Crippen LogP contribution in [0.25, 0.3) is 0 Å². The van der Waals surface area contributed by atoms with Crippen LogP contribution in [0, 0.1) is 5.92 Å². The summed E-state index contributed by atoms with van der Waals surface area (Å²) in [5.74, 6) is 0.731. The van der Waals surface area contributed by atoms with E-state index < -0.39 is 0 Å². The molecular weight excluding hydrogens is 208 g/mol. The molecule has 1 saturated carbocycles. The number of hydrogen-bond donors (Lipinski definition) is 1. The standard InChI is InChI=1S/C11H18N2OS/c1-11(2,3)10-9(15-13-12-10)8(14)6-7-4-5-7/h7-8,14H,4-6H2,1-3H3. The smallest absolute Gasteiger partial charge is 0.0920 e. The summed E-state index contributed by atoms with van der Waals surface area (Å²) in [5, 5.41) is 14.2. The van der Waals surface area contributed by atoms with Crippen LogP contribution in [0.4, 0.5) is 0 Å². The Hall–Kier alpha value is -0.480. The van der Waals surface area contributed by atoms with Crippen LogP contribution in [0.15, 0.2) is 0 Å². The maximum absolute atomic E-state index is 10.1. The highest BCUT2D eigenvalue weighted by Crippen LogP contribution is 2.40. The highest BCUT2D eigenvalue weighted by Gasteiger charge is 2.30. The molecule has 2 rings (SSSR count). The third-order valence-corrected chi connectivity index (χ3v) is 3.61. The van der Waals surface area contributed by atoms with E-state index in [0.717, 1.165) is 22.9 Å². The van der Waals surface area contributed by atoms with Gasteiger partial charge in [0, 0.05) is 5.41 Å². The molecule has 3 nitrogen and oxygen atoms in total. The first-order valence-corrected chi connectivity index (χ1v) is 6.26. The fourth-order valence-corrected chi connectivity index (χ4v) is 2.57. The van der Waals surface area contributed by atoms with Gasteiger partial charge in [0.05, 0.1) is 16.7 Å². The van der Waals surface area contributed by atoms with Crippen molar-refractivity contribution in [3.63, 3.8) is 0 Å². The summed E-state index contributed by atoms with van der Waals surface area (Å²) >= 11 is 1.34.